The number of thioether (sulfide) groups is 1. The molecule has 1 fully saturated rings. The van der Waals surface area contributed by atoms with Gasteiger partial charge in [-0.15, -0.1) is 0 Å². The Kier molecular flexibility index (Phi) is 6.34. The number of rotatable bonds is 6. The van der Waals surface area contributed by atoms with E-state index in [9.17, 15) is 4.79 Å². The van der Waals surface area contributed by atoms with Crippen LogP contribution in [0.4, 0.5) is 5.95 Å². The Balaban J connectivity index is 1.38. The van der Waals surface area contributed by atoms with Crippen molar-refractivity contribution in [1.29, 1.82) is 0 Å². The molecule has 8 nitrogen and oxygen atoms in total. The molecule has 2 atom stereocenters. The molecular weight excluding hydrogens is 458 g/mol. The molecular formula is C23H20ClN7OS. The van der Waals surface area contributed by atoms with E-state index in [2.05, 4.69) is 30.9 Å². The summed E-state index contributed by atoms with van der Waals surface area (Å²) in [5.41, 5.74) is 2.47. The average molecular weight is 478 g/mol. The Labute approximate surface area is 199 Å². The average Bonchev–Trinajstić information content (AvgIpc) is 2.83. The van der Waals surface area contributed by atoms with E-state index in [1.165, 1.54) is 11.8 Å². The molecule has 2 aromatic carbocycles. The first-order valence-electron chi connectivity index (χ1n) is 10.4. The van der Waals surface area contributed by atoms with Gasteiger partial charge in [0.05, 0.1) is 11.2 Å². The number of hydrogen-bond donors (Lipinski definition) is 3. The van der Waals surface area contributed by atoms with Crippen molar-refractivity contribution in [2.45, 2.75) is 23.9 Å². The van der Waals surface area contributed by atoms with Crippen LogP contribution in [-0.4, -0.2) is 43.9 Å². The molecule has 2 aromatic heterocycles. The van der Waals surface area contributed by atoms with Crippen molar-refractivity contribution in [3.63, 3.8) is 0 Å². The molecule has 1 saturated heterocycles. The van der Waals surface area contributed by atoms with Crippen LogP contribution in [-0.2, 0) is 4.79 Å². The number of amides is 1. The number of nitrogens with zero attached hydrogens (tertiary/aromatic N) is 4. The number of nitrogens with one attached hydrogen (secondary N) is 3. The molecule has 3 heterocycles. The van der Waals surface area contributed by atoms with Gasteiger partial charge in [-0.1, -0.05) is 53.7 Å². The van der Waals surface area contributed by atoms with Gasteiger partial charge < -0.3 is 10.6 Å². The molecule has 1 amide bonds. The van der Waals surface area contributed by atoms with Gasteiger partial charge in [0.2, 0.25) is 11.9 Å². The van der Waals surface area contributed by atoms with E-state index in [-0.39, 0.29) is 11.9 Å². The van der Waals surface area contributed by atoms with Gasteiger partial charge in [0, 0.05) is 46.6 Å². The molecule has 4 aromatic rings. The van der Waals surface area contributed by atoms with Gasteiger partial charge in [-0.3, -0.25) is 10.1 Å². The molecule has 0 radical (unpaired) electrons. The van der Waals surface area contributed by atoms with E-state index in [0.29, 0.717) is 28.3 Å². The van der Waals surface area contributed by atoms with Gasteiger partial charge in [-0.05, 0) is 24.3 Å². The van der Waals surface area contributed by atoms with Crippen LogP contribution in [0.2, 0.25) is 5.02 Å². The lowest BCUT2D eigenvalue weighted by Crippen LogP contribution is -2.60. The van der Waals surface area contributed by atoms with Gasteiger partial charge in [-0.25, -0.2) is 19.9 Å². The lowest BCUT2D eigenvalue weighted by molar-refractivity contribution is -0.123. The maximum atomic E-state index is 12.3. The third-order valence-electron chi connectivity index (χ3n) is 5.07. The van der Waals surface area contributed by atoms with E-state index in [1.807, 2.05) is 42.5 Å². The number of anilines is 1. The number of hydrogen-bond acceptors (Lipinski definition) is 8. The van der Waals surface area contributed by atoms with Crippen LogP contribution in [0.5, 0.6) is 0 Å². The predicted octanol–water partition coefficient (Wildman–Crippen LogP) is 3.71. The van der Waals surface area contributed by atoms with E-state index in [4.69, 9.17) is 16.6 Å². The van der Waals surface area contributed by atoms with Crippen molar-refractivity contribution in [3.05, 3.63) is 72.0 Å². The van der Waals surface area contributed by atoms with Crippen molar-refractivity contribution < 1.29 is 4.79 Å². The molecule has 0 aliphatic carbocycles. The summed E-state index contributed by atoms with van der Waals surface area (Å²) in [6.07, 6.45) is 3.26. The first-order chi connectivity index (χ1) is 16.1. The number of fused-ring (bicyclic) bond motifs is 1. The predicted molar refractivity (Wildman–Crippen MR) is 130 cm³/mol. The normalized spacial score (nSPS) is 18.2. The zero-order valence-electron chi connectivity index (χ0n) is 17.4. The summed E-state index contributed by atoms with van der Waals surface area (Å²) in [6.45, 7) is 0. The third kappa shape index (κ3) is 5.22. The van der Waals surface area contributed by atoms with Crippen LogP contribution in [0, 0.1) is 0 Å². The second-order valence-electron chi connectivity index (χ2n) is 7.48. The van der Waals surface area contributed by atoms with E-state index < -0.39 is 6.29 Å². The van der Waals surface area contributed by atoms with Gasteiger partial charge in [0.1, 0.15) is 0 Å². The van der Waals surface area contributed by atoms with Crippen molar-refractivity contribution >= 4 is 46.1 Å². The van der Waals surface area contributed by atoms with Gasteiger partial charge >= 0.3 is 0 Å². The molecule has 1 aliphatic rings. The Bertz CT molecular complexity index is 1280. The largest absolute Gasteiger partial charge is 0.323 e. The third-order valence-corrected chi connectivity index (χ3v) is 6.35. The van der Waals surface area contributed by atoms with Crippen molar-refractivity contribution in [2.75, 3.05) is 11.1 Å². The SMILES string of the molecule is O=C1CC(CSc2ncccn2)NC(Nc2nc(-c3ccccc3)c3cc(Cl)ccc3n2)N1. The molecule has 3 N–H and O–H groups in total. The second-order valence-corrected chi connectivity index (χ2v) is 8.90. The summed E-state index contributed by atoms with van der Waals surface area (Å²) in [7, 11) is 0. The zero-order valence-corrected chi connectivity index (χ0v) is 19.0. The monoisotopic (exact) mass is 477 g/mol. The molecule has 0 saturated carbocycles. The molecule has 10 heteroatoms. The molecule has 5 rings (SSSR count). The lowest BCUT2D eigenvalue weighted by atomic mass is 10.1. The smallest absolute Gasteiger partial charge is 0.226 e. The minimum Gasteiger partial charge on any atom is -0.323 e. The van der Waals surface area contributed by atoms with Gasteiger partial charge in [0.15, 0.2) is 11.4 Å². The van der Waals surface area contributed by atoms with Crippen molar-refractivity contribution in [2.24, 2.45) is 0 Å². The Hall–Kier alpha value is -3.27. The summed E-state index contributed by atoms with van der Waals surface area (Å²) < 4.78 is 0. The molecule has 2 unspecified atom stereocenters. The summed E-state index contributed by atoms with van der Waals surface area (Å²) in [6, 6.07) is 17.1. The highest BCUT2D eigenvalue weighted by Gasteiger charge is 2.26. The maximum Gasteiger partial charge on any atom is 0.226 e. The van der Waals surface area contributed by atoms with Crippen LogP contribution in [0.3, 0.4) is 0 Å². The molecule has 0 spiro atoms. The van der Waals surface area contributed by atoms with Gasteiger partial charge in [0.25, 0.3) is 0 Å². The van der Waals surface area contributed by atoms with Crippen LogP contribution < -0.4 is 16.0 Å². The fourth-order valence-electron chi connectivity index (χ4n) is 3.61. The fraction of sp³-hybridized carbons (Fsp3) is 0.174. The number of carbonyl (C=O) groups is 1. The zero-order chi connectivity index (χ0) is 22.6. The van der Waals surface area contributed by atoms with Crippen molar-refractivity contribution in [3.8, 4) is 11.3 Å². The maximum absolute atomic E-state index is 12.3. The van der Waals surface area contributed by atoms with Gasteiger partial charge in [-0.2, -0.15) is 0 Å². The number of aromatic nitrogens is 4. The molecule has 0 bridgehead atoms. The standard InChI is InChI=1S/C23H20ClN7OS/c24-15-7-8-18-17(11-15)20(14-5-2-1-3-6-14)30-22(28-18)31-21-27-16(12-19(32)29-21)13-33-23-25-9-4-10-26-23/h1-11,16,21,27H,12-13H2,(H,29,32)(H,28,30,31). The van der Waals surface area contributed by atoms with E-state index in [0.717, 1.165) is 22.2 Å². The Morgan fingerprint density at radius 3 is 2.70 bits per heavy atom. The lowest BCUT2D eigenvalue weighted by Gasteiger charge is -2.31. The Morgan fingerprint density at radius 1 is 1.06 bits per heavy atom. The minimum atomic E-state index is -0.512. The summed E-state index contributed by atoms with van der Waals surface area (Å²) in [5.74, 6) is 1.00. The van der Waals surface area contributed by atoms with Crippen LogP contribution in [0.15, 0.2) is 72.1 Å². The number of halogens is 1. The number of carbonyl (C=O) groups excluding carboxylic acids is 1. The topological polar surface area (TPSA) is 105 Å². The highest BCUT2D eigenvalue weighted by molar-refractivity contribution is 7.99. The molecule has 166 valence electrons. The van der Waals surface area contributed by atoms with Crippen molar-refractivity contribution in [1.82, 2.24) is 30.6 Å². The summed E-state index contributed by atoms with van der Waals surface area (Å²) in [5, 5.41) is 11.7. The fourth-order valence-corrected chi connectivity index (χ4v) is 4.62. The number of benzene rings is 2. The highest BCUT2D eigenvalue weighted by atomic mass is 35.5. The van der Waals surface area contributed by atoms with Crippen LogP contribution in [0.25, 0.3) is 22.2 Å². The first kappa shape index (κ1) is 21.6. The van der Waals surface area contributed by atoms with Crippen LogP contribution >= 0.6 is 23.4 Å². The van der Waals surface area contributed by atoms with Crippen LogP contribution in [0.1, 0.15) is 6.42 Å². The minimum absolute atomic E-state index is 0.0540. The second kappa shape index (κ2) is 9.70. The summed E-state index contributed by atoms with van der Waals surface area (Å²) >= 11 is 7.74. The molecule has 33 heavy (non-hydrogen) atoms. The quantitative estimate of drug-likeness (QED) is 0.285. The highest BCUT2D eigenvalue weighted by Crippen LogP contribution is 2.29. The summed E-state index contributed by atoms with van der Waals surface area (Å²) in [4.78, 5) is 30.2. The van der Waals surface area contributed by atoms with E-state index >= 15 is 0 Å². The Morgan fingerprint density at radius 2 is 1.88 bits per heavy atom. The first-order valence-corrected chi connectivity index (χ1v) is 11.7. The van der Waals surface area contributed by atoms with E-state index in [1.54, 1.807) is 24.5 Å². The molecule has 1 aliphatic heterocycles.